The molecule has 0 aliphatic heterocycles. The largest absolute Gasteiger partial charge is 0.336 e. The van der Waals surface area contributed by atoms with Gasteiger partial charge in [0.05, 0.1) is 21.0 Å². The molecule has 0 spiro atoms. The molecule has 0 bridgehead atoms. The lowest BCUT2D eigenvalue weighted by atomic mass is 10.1. The molecule has 0 saturated heterocycles. The molecule has 0 radical (unpaired) electrons. The van der Waals surface area contributed by atoms with Gasteiger partial charge in [-0.25, -0.2) is 14.1 Å². The van der Waals surface area contributed by atoms with Crippen molar-refractivity contribution in [1.29, 1.82) is 0 Å². The first-order valence-corrected chi connectivity index (χ1v) is 12.1. The van der Waals surface area contributed by atoms with E-state index in [4.69, 9.17) is 29.0 Å². The normalized spacial score (nSPS) is 12.0. The molecule has 0 aliphatic rings. The highest BCUT2D eigenvalue weighted by Crippen LogP contribution is 2.31. The summed E-state index contributed by atoms with van der Waals surface area (Å²) in [7, 11) is 0. The Kier molecular flexibility index (Phi) is 7.18. The molecule has 2 heterocycles. The maximum atomic E-state index is 13.9. The van der Waals surface area contributed by atoms with Crippen molar-refractivity contribution in [2.24, 2.45) is 0 Å². The molecule has 2 aromatic heterocycles. The number of amides is 1. The van der Waals surface area contributed by atoms with Crippen molar-refractivity contribution in [3.05, 3.63) is 75.1 Å². The van der Waals surface area contributed by atoms with Crippen molar-refractivity contribution >= 4 is 57.3 Å². The van der Waals surface area contributed by atoms with Crippen LogP contribution in [-0.2, 0) is 11.2 Å². The lowest BCUT2D eigenvalue weighted by Gasteiger charge is -2.10. The van der Waals surface area contributed by atoms with Crippen molar-refractivity contribution in [2.75, 3.05) is 11.2 Å². The third kappa shape index (κ3) is 5.47. The summed E-state index contributed by atoms with van der Waals surface area (Å²) in [5.74, 6) is 5.86. The number of thiazole rings is 1. The highest BCUT2D eigenvalue weighted by molar-refractivity contribution is 8.00. The van der Waals surface area contributed by atoms with E-state index in [1.165, 1.54) is 22.1 Å². The smallest absolute Gasteiger partial charge is 0.239 e. The quantitative estimate of drug-likeness (QED) is 0.253. The van der Waals surface area contributed by atoms with Gasteiger partial charge in [0.15, 0.2) is 11.0 Å². The molecule has 0 aliphatic carbocycles. The first-order valence-electron chi connectivity index (χ1n) is 9.63. The number of hydrogen-bond donors (Lipinski definition) is 2. The molecule has 1 atom stereocenters. The van der Waals surface area contributed by atoms with Crippen LogP contribution in [0.5, 0.6) is 0 Å². The maximum Gasteiger partial charge on any atom is 0.239 e. The van der Waals surface area contributed by atoms with E-state index in [0.29, 0.717) is 37.4 Å². The summed E-state index contributed by atoms with van der Waals surface area (Å²) in [6.07, 6.45) is 0.188. The monoisotopic (exact) mass is 522 g/mol. The van der Waals surface area contributed by atoms with Gasteiger partial charge in [0.25, 0.3) is 0 Å². The van der Waals surface area contributed by atoms with Gasteiger partial charge in [-0.1, -0.05) is 59.2 Å². The molecule has 0 fully saturated rings. The van der Waals surface area contributed by atoms with Crippen LogP contribution in [0.3, 0.4) is 0 Å². The second-order valence-corrected chi connectivity index (χ2v) is 9.93. The molecule has 4 rings (SSSR count). The van der Waals surface area contributed by atoms with Crippen LogP contribution < -0.4 is 11.2 Å². The van der Waals surface area contributed by atoms with Crippen molar-refractivity contribution in [3.63, 3.8) is 0 Å². The number of carbonyl (C=O) groups excluding carboxylic acids is 1. The number of hydrogen-bond acceptors (Lipinski definition) is 7. The highest BCUT2D eigenvalue weighted by atomic mass is 35.5. The van der Waals surface area contributed by atoms with Crippen LogP contribution in [0.2, 0.25) is 10.0 Å². The molecule has 0 unspecified atom stereocenters. The van der Waals surface area contributed by atoms with Crippen LogP contribution in [-0.4, -0.2) is 31.0 Å². The first kappa shape index (κ1) is 23.5. The van der Waals surface area contributed by atoms with Crippen LogP contribution in [0.25, 0.3) is 11.3 Å². The Morgan fingerprint density at radius 3 is 2.79 bits per heavy atom. The number of nitrogens with two attached hydrogens (primary N) is 1. The number of aromatic nitrogens is 4. The zero-order valence-corrected chi connectivity index (χ0v) is 20.3. The average Bonchev–Trinajstić information content (AvgIpc) is 3.39. The van der Waals surface area contributed by atoms with E-state index < -0.39 is 5.25 Å². The van der Waals surface area contributed by atoms with E-state index in [9.17, 15) is 9.18 Å². The van der Waals surface area contributed by atoms with Gasteiger partial charge >= 0.3 is 0 Å². The second kappa shape index (κ2) is 10.1. The number of nitrogens with one attached hydrogen (secondary N) is 1. The molecule has 0 saturated carbocycles. The minimum Gasteiger partial charge on any atom is -0.336 e. The molecule has 7 nitrogen and oxygen atoms in total. The highest BCUT2D eigenvalue weighted by Gasteiger charge is 2.21. The molecule has 3 N–H and O–H groups in total. The SMILES string of the molecule is C[C@H](Sc1nnc(Cc2ccccc2F)n1N)C(=O)Nc1nc(-c2ccc(Cl)c(Cl)c2)cs1. The van der Waals surface area contributed by atoms with Gasteiger partial charge in [-0.3, -0.25) is 4.79 Å². The van der Waals surface area contributed by atoms with Gasteiger partial charge in [-0.15, -0.1) is 21.5 Å². The summed E-state index contributed by atoms with van der Waals surface area (Å²) in [6.45, 7) is 1.72. The van der Waals surface area contributed by atoms with E-state index in [-0.39, 0.29) is 18.1 Å². The standard InChI is InChI=1S/C21H17Cl2FN6OS2/c1-11(33-21-29-28-18(30(21)25)9-12-4-2-3-5-16(12)24)19(31)27-20-26-17(10-32-20)13-6-7-14(22)15(23)8-13/h2-8,10-11H,9,25H2,1H3,(H,26,27,31)/t11-/m0/s1. The van der Waals surface area contributed by atoms with Gasteiger partial charge in [0.2, 0.25) is 11.1 Å². The van der Waals surface area contributed by atoms with Gasteiger partial charge in [0.1, 0.15) is 5.82 Å². The maximum absolute atomic E-state index is 13.9. The summed E-state index contributed by atoms with van der Waals surface area (Å²) >= 11 is 14.5. The number of nitrogen functional groups attached to an aromatic ring is 1. The van der Waals surface area contributed by atoms with E-state index >= 15 is 0 Å². The number of benzene rings is 2. The molecule has 4 aromatic rings. The molecule has 12 heteroatoms. The summed E-state index contributed by atoms with van der Waals surface area (Å²) in [5.41, 5.74) is 1.93. The minimum absolute atomic E-state index is 0.188. The Balaban J connectivity index is 1.39. The van der Waals surface area contributed by atoms with Gasteiger partial charge < -0.3 is 11.2 Å². The number of anilines is 1. The topological polar surface area (TPSA) is 98.7 Å². The first-order chi connectivity index (χ1) is 15.8. The van der Waals surface area contributed by atoms with E-state index in [1.54, 1.807) is 43.3 Å². The third-order valence-corrected chi connectivity index (χ3v) is 7.20. The summed E-state index contributed by atoms with van der Waals surface area (Å²) < 4.78 is 15.2. The summed E-state index contributed by atoms with van der Waals surface area (Å²) in [5, 5.41) is 13.8. The van der Waals surface area contributed by atoms with Gasteiger partial charge in [-0.2, -0.15) is 0 Å². The summed E-state index contributed by atoms with van der Waals surface area (Å²) in [4.78, 5) is 17.1. The van der Waals surface area contributed by atoms with E-state index in [0.717, 1.165) is 17.3 Å². The van der Waals surface area contributed by atoms with Gasteiger partial charge in [0, 0.05) is 17.4 Å². The lowest BCUT2D eigenvalue weighted by Crippen LogP contribution is -2.23. The Morgan fingerprint density at radius 2 is 2.03 bits per heavy atom. The Bertz CT molecular complexity index is 1310. The zero-order valence-electron chi connectivity index (χ0n) is 17.1. The Labute approximate surface area is 207 Å². The van der Waals surface area contributed by atoms with Crippen LogP contribution in [0.4, 0.5) is 9.52 Å². The van der Waals surface area contributed by atoms with E-state index in [1.807, 2.05) is 5.38 Å². The third-order valence-electron chi connectivity index (χ3n) is 4.64. The summed E-state index contributed by atoms with van der Waals surface area (Å²) in [6, 6.07) is 11.6. The number of carbonyl (C=O) groups is 1. The van der Waals surface area contributed by atoms with Crippen LogP contribution in [0, 0.1) is 5.82 Å². The van der Waals surface area contributed by atoms with E-state index in [2.05, 4.69) is 20.5 Å². The Hall–Kier alpha value is -2.66. The lowest BCUT2D eigenvalue weighted by molar-refractivity contribution is -0.115. The van der Waals surface area contributed by atoms with Crippen molar-refractivity contribution in [3.8, 4) is 11.3 Å². The molecular weight excluding hydrogens is 506 g/mol. The predicted molar refractivity (Wildman–Crippen MR) is 131 cm³/mol. The van der Waals surface area contributed by atoms with Crippen molar-refractivity contribution in [1.82, 2.24) is 19.9 Å². The molecular formula is C21H17Cl2FN6OS2. The fourth-order valence-electron chi connectivity index (χ4n) is 2.86. The number of thioether (sulfide) groups is 1. The fraction of sp³-hybridized carbons (Fsp3) is 0.143. The zero-order chi connectivity index (χ0) is 23.5. The van der Waals surface area contributed by atoms with Gasteiger partial charge in [-0.05, 0) is 30.7 Å². The van der Waals surface area contributed by atoms with Crippen LogP contribution in [0.1, 0.15) is 18.3 Å². The van der Waals surface area contributed by atoms with Crippen molar-refractivity contribution < 1.29 is 9.18 Å². The number of halogens is 3. The molecule has 170 valence electrons. The molecule has 1 amide bonds. The predicted octanol–water partition coefficient (Wildman–Crippen LogP) is 5.27. The molecule has 33 heavy (non-hydrogen) atoms. The minimum atomic E-state index is -0.532. The number of nitrogens with zero attached hydrogens (tertiary/aromatic N) is 4. The van der Waals surface area contributed by atoms with Crippen LogP contribution >= 0.6 is 46.3 Å². The van der Waals surface area contributed by atoms with Crippen LogP contribution in [0.15, 0.2) is 53.0 Å². The second-order valence-electron chi connectivity index (χ2n) is 6.95. The Morgan fingerprint density at radius 1 is 1.24 bits per heavy atom. The number of rotatable bonds is 7. The molecule has 2 aromatic carbocycles. The fourth-order valence-corrected chi connectivity index (χ4v) is 4.67. The average molecular weight is 523 g/mol. The van der Waals surface area contributed by atoms with Crippen molar-refractivity contribution in [2.45, 2.75) is 23.8 Å².